The number of rotatable bonds is 1. The first-order valence-corrected chi connectivity index (χ1v) is 3.21. The van der Waals surface area contributed by atoms with Gasteiger partial charge in [0.15, 0.2) is 0 Å². The molecule has 9 heavy (non-hydrogen) atoms. The predicted octanol–water partition coefficient (Wildman–Crippen LogP) is -0.908. The zero-order valence-electron chi connectivity index (χ0n) is 5.59. The van der Waals surface area contributed by atoms with Crippen LogP contribution < -0.4 is 5.32 Å². The molecule has 0 amide bonds. The van der Waals surface area contributed by atoms with Crippen LogP contribution in [0.2, 0.25) is 0 Å². The summed E-state index contributed by atoms with van der Waals surface area (Å²) in [4.78, 5) is 0. The molecule has 1 fully saturated rings. The third-order valence-electron chi connectivity index (χ3n) is 1.68. The molecule has 1 saturated heterocycles. The standard InChI is InChI=1S/C6H13NO2/c1-6(9)2-5(3-8)7-4-6/h5,7-9H,2-4H2,1H3. The van der Waals surface area contributed by atoms with Gasteiger partial charge in [0.05, 0.1) is 12.2 Å². The van der Waals surface area contributed by atoms with Crippen molar-refractivity contribution in [3.05, 3.63) is 0 Å². The van der Waals surface area contributed by atoms with Crippen LogP contribution in [0, 0.1) is 0 Å². The van der Waals surface area contributed by atoms with Crippen molar-refractivity contribution in [2.75, 3.05) is 13.2 Å². The van der Waals surface area contributed by atoms with Gasteiger partial charge in [0, 0.05) is 12.6 Å². The average molecular weight is 131 g/mol. The highest BCUT2D eigenvalue weighted by atomic mass is 16.3. The molecular formula is C6H13NO2. The number of aliphatic hydroxyl groups is 2. The van der Waals surface area contributed by atoms with Crippen LogP contribution in [0.15, 0.2) is 0 Å². The number of hydrogen-bond donors (Lipinski definition) is 3. The fourth-order valence-corrected chi connectivity index (χ4v) is 1.17. The van der Waals surface area contributed by atoms with Crippen LogP contribution in [0.1, 0.15) is 13.3 Å². The Labute approximate surface area is 54.7 Å². The van der Waals surface area contributed by atoms with Gasteiger partial charge in [-0.05, 0) is 13.3 Å². The van der Waals surface area contributed by atoms with E-state index in [0.717, 1.165) is 0 Å². The predicted molar refractivity (Wildman–Crippen MR) is 34.1 cm³/mol. The normalized spacial score (nSPS) is 43.7. The summed E-state index contributed by atoms with van der Waals surface area (Å²) < 4.78 is 0. The van der Waals surface area contributed by atoms with Crippen LogP contribution in [0.25, 0.3) is 0 Å². The van der Waals surface area contributed by atoms with Gasteiger partial charge in [0.2, 0.25) is 0 Å². The van der Waals surface area contributed by atoms with Crippen molar-refractivity contribution in [1.29, 1.82) is 0 Å². The van der Waals surface area contributed by atoms with Crippen molar-refractivity contribution >= 4 is 0 Å². The summed E-state index contributed by atoms with van der Waals surface area (Å²) in [5.41, 5.74) is -0.604. The van der Waals surface area contributed by atoms with Crippen molar-refractivity contribution in [2.24, 2.45) is 0 Å². The Morgan fingerprint density at radius 2 is 2.44 bits per heavy atom. The van der Waals surface area contributed by atoms with Crippen LogP contribution in [0.3, 0.4) is 0 Å². The van der Waals surface area contributed by atoms with E-state index in [9.17, 15) is 5.11 Å². The minimum atomic E-state index is -0.604. The molecular weight excluding hydrogens is 118 g/mol. The lowest BCUT2D eigenvalue weighted by molar-refractivity contribution is 0.0764. The van der Waals surface area contributed by atoms with Crippen molar-refractivity contribution in [3.8, 4) is 0 Å². The second kappa shape index (κ2) is 2.25. The van der Waals surface area contributed by atoms with Crippen LogP contribution in [-0.2, 0) is 0 Å². The zero-order valence-corrected chi connectivity index (χ0v) is 5.59. The van der Waals surface area contributed by atoms with Crippen molar-refractivity contribution in [1.82, 2.24) is 5.32 Å². The van der Waals surface area contributed by atoms with Gasteiger partial charge in [-0.3, -0.25) is 0 Å². The Kier molecular flexibility index (Phi) is 1.75. The first-order chi connectivity index (χ1) is 4.14. The molecule has 0 aromatic rings. The minimum Gasteiger partial charge on any atom is -0.395 e. The zero-order chi connectivity index (χ0) is 6.91. The molecule has 0 radical (unpaired) electrons. The lowest BCUT2D eigenvalue weighted by Crippen LogP contribution is -2.26. The maximum atomic E-state index is 9.32. The van der Waals surface area contributed by atoms with Crippen LogP contribution in [0.5, 0.6) is 0 Å². The average Bonchev–Trinajstić information content (AvgIpc) is 2.10. The second-order valence-corrected chi connectivity index (χ2v) is 2.96. The highest BCUT2D eigenvalue weighted by Crippen LogP contribution is 2.17. The summed E-state index contributed by atoms with van der Waals surface area (Å²) in [6.45, 7) is 2.49. The third-order valence-corrected chi connectivity index (χ3v) is 1.68. The van der Waals surface area contributed by atoms with Crippen molar-refractivity contribution in [2.45, 2.75) is 25.0 Å². The Morgan fingerprint density at radius 1 is 1.78 bits per heavy atom. The minimum absolute atomic E-state index is 0.0972. The fraction of sp³-hybridized carbons (Fsp3) is 1.00. The molecule has 1 aliphatic rings. The molecule has 0 saturated carbocycles. The summed E-state index contributed by atoms with van der Waals surface area (Å²) in [7, 11) is 0. The number of β-amino-alcohol motifs (C(OH)–C–C–N with tert-alkyl or cyclic N) is 1. The third kappa shape index (κ3) is 1.64. The number of aliphatic hydroxyl groups excluding tert-OH is 1. The van der Waals surface area contributed by atoms with E-state index in [1.807, 2.05) is 0 Å². The topological polar surface area (TPSA) is 52.5 Å². The van der Waals surface area contributed by atoms with E-state index in [1.165, 1.54) is 0 Å². The van der Waals surface area contributed by atoms with Gasteiger partial charge in [-0.1, -0.05) is 0 Å². The first kappa shape index (κ1) is 6.99. The Morgan fingerprint density at radius 3 is 2.67 bits per heavy atom. The molecule has 0 aromatic carbocycles. The molecule has 0 aliphatic carbocycles. The van der Waals surface area contributed by atoms with E-state index >= 15 is 0 Å². The summed E-state index contributed by atoms with van der Waals surface area (Å²) in [5, 5.41) is 20.9. The van der Waals surface area contributed by atoms with Gasteiger partial charge in [0.25, 0.3) is 0 Å². The molecule has 54 valence electrons. The number of nitrogens with one attached hydrogen (secondary N) is 1. The van der Waals surface area contributed by atoms with Crippen LogP contribution in [-0.4, -0.2) is 35.0 Å². The van der Waals surface area contributed by atoms with Crippen molar-refractivity contribution < 1.29 is 10.2 Å². The van der Waals surface area contributed by atoms with E-state index in [-0.39, 0.29) is 12.6 Å². The molecule has 1 heterocycles. The van der Waals surface area contributed by atoms with E-state index in [2.05, 4.69) is 5.32 Å². The van der Waals surface area contributed by atoms with Gasteiger partial charge in [-0.15, -0.1) is 0 Å². The summed E-state index contributed by atoms with van der Waals surface area (Å²) in [6, 6.07) is 0.0972. The maximum Gasteiger partial charge on any atom is 0.0759 e. The fourth-order valence-electron chi connectivity index (χ4n) is 1.17. The molecule has 0 spiro atoms. The lowest BCUT2D eigenvalue weighted by atomic mass is 10.0. The van der Waals surface area contributed by atoms with Gasteiger partial charge < -0.3 is 15.5 Å². The molecule has 1 rings (SSSR count). The van der Waals surface area contributed by atoms with Gasteiger partial charge in [0.1, 0.15) is 0 Å². The Hall–Kier alpha value is -0.120. The molecule has 2 unspecified atom stereocenters. The van der Waals surface area contributed by atoms with Gasteiger partial charge >= 0.3 is 0 Å². The highest BCUT2D eigenvalue weighted by Gasteiger charge is 2.31. The maximum absolute atomic E-state index is 9.32. The first-order valence-electron chi connectivity index (χ1n) is 3.21. The number of hydrogen-bond acceptors (Lipinski definition) is 3. The Bertz CT molecular complexity index is 103. The molecule has 2 atom stereocenters. The SMILES string of the molecule is CC1(O)CNC(CO)C1. The van der Waals surface area contributed by atoms with E-state index < -0.39 is 5.60 Å². The van der Waals surface area contributed by atoms with E-state index in [0.29, 0.717) is 13.0 Å². The molecule has 0 bridgehead atoms. The van der Waals surface area contributed by atoms with E-state index in [4.69, 9.17) is 5.11 Å². The highest BCUT2D eigenvalue weighted by molar-refractivity contribution is 4.89. The largest absolute Gasteiger partial charge is 0.395 e. The van der Waals surface area contributed by atoms with E-state index in [1.54, 1.807) is 6.92 Å². The second-order valence-electron chi connectivity index (χ2n) is 2.96. The molecule has 0 aromatic heterocycles. The van der Waals surface area contributed by atoms with Gasteiger partial charge in [-0.2, -0.15) is 0 Å². The summed E-state index contributed by atoms with van der Waals surface area (Å²) >= 11 is 0. The molecule has 3 heteroatoms. The molecule has 3 N–H and O–H groups in total. The van der Waals surface area contributed by atoms with Crippen LogP contribution in [0.4, 0.5) is 0 Å². The monoisotopic (exact) mass is 131 g/mol. The van der Waals surface area contributed by atoms with Gasteiger partial charge in [-0.25, -0.2) is 0 Å². The van der Waals surface area contributed by atoms with Crippen molar-refractivity contribution in [3.63, 3.8) is 0 Å². The Balaban J connectivity index is 2.38. The lowest BCUT2D eigenvalue weighted by Gasteiger charge is -2.12. The summed E-state index contributed by atoms with van der Waals surface area (Å²) in [6.07, 6.45) is 0.656. The smallest absolute Gasteiger partial charge is 0.0759 e. The molecule has 1 aliphatic heterocycles. The van der Waals surface area contributed by atoms with Crippen LogP contribution >= 0.6 is 0 Å². The quantitative estimate of drug-likeness (QED) is 0.432. The molecule has 3 nitrogen and oxygen atoms in total. The summed E-state index contributed by atoms with van der Waals surface area (Å²) in [5.74, 6) is 0.